The van der Waals surface area contributed by atoms with Crippen molar-refractivity contribution < 1.29 is 13.9 Å². The van der Waals surface area contributed by atoms with Crippen LogP contribution in [0.15, 0.2) is 59.0 Å². The maximum absolute atomic E-state index is 12.7. The van der Waals surface area contributed by atoms with Gasteiger partial charge in [-0.05, 0) is 43.3 Å². The third-order valence-corrected chi connectivity index (χ3v) is 4.31. The molecule has 2 aromatic carbocycles. The maximum atomic E-state index is 12.7. The monoisotopic (exact) mass is 376 g/mol. The number of carbonyl (C=O) groups excluding carboxylic acids is 1. The van der Waals surface area contributed by atoms with E-state index in [0.717, 1.165) is 16.7 Å². The number of hydrogen-bond donors (Lipinski definition) is 1. The Labute approximate surface area is 161 Å². The van der Waals surface area contributed by atoms with Crippen molar-refractivity contribution >= 4 is 22.5 Å². The molecule has 0 spiro atoms. The number of hydrogen-bond acceptors (Lipinski definition) is 5. The number of fused-ring (bicyclic) bond motifs is 1. The molecule has 7 heteroatoms. The number of nitrogens with one attached hydrogen (secondary N) is 1. The summed E-state index contributed by atoms with van der Waals surface area (Å²) in [5, 5.41) is 11.9. The molecule has 4 aromatic rings. The van der Waals surface area contributed by atoms with E-state index >= 15 is 0 Å². The van der Waals surface area contributed by atoms with Gasteiger partial charge in [0.25, 0.3) is 5.89 Å². The first-order valence-corrected chi connectivity index (χ1v) is 9.05. The molecule has 2 aromatic heterocycles. The number of amides is 1. The van der Waals surface area contributed by atoms with E-state index in [0.29, 0.717) is 29.8 Å². The van der Waals surface area contributed by atoms with Gasteiger partial charge in [0, 0.05) is 23.5 Å². The van der Waals surface area contributed by atoms with Crippen molar-refractivity contribution in [3.8, 4) is 17.3 Å². The topological polar surface area (TPSA) is 82.2 Å². The number of carbonyl (C=O) groups is 1. The van der Waals surface area contributed by atoms with Gasteiger partial charge in [0.1, 0.15) is 18.0 Å². The number of anilines is 1. The van der Waals surface area contributed by atoms with Gasteiger partial charge >= 0.3 is 0 Å². The molecule has 1 N–H and O–H groups in total. The molecule has 0 saturated heterocycles. The zero-order valence-electron chi connectivity index (χ0n) is 15.7. The van der Waals surface area contributed by atoms with Gasteiger partial charge < -0.3 is 19.0 Å². The molecule has 1 amide bonds. The van der Waals surface area contributed by atoms with E-state index in [4.69, 9.17) is 9.15 Å². The minimum atomic E-state index is -0.150. The Balaban J connectivity index is 1.60. The molecular formula is C21H20N4O3. The van der Waals surface area contributed by atoms with Crippen LogP contribution in [0, 0.1) is 6.92 Å². The van der Waals surface area contributed by atoms with Crippen LogP contribution in [0.3, 0.4) is 0 Å². The average Bonchev–Trinajstić information content (AvgIpc) is 3.27. The second-order valence-electron chi connectivity index (χ2n) is 6.31. The molecule has 4 rings (SSSR count). The first-order valence-electron chi connectivity index (χ1n) is 9.05. The molecule has 0 unspecified atom stereocenters. The lowest BCUT2D eigenvalue weighted by Crippen LogP contribution is -2.19. The minimum absolute atomic E-state index is 0.123. The van der Waals surface area contributed by atoms with Crippen LogP contribution in [-0.2, 0) is 11.3 Å². The Kier molecular flexibility index (Phi) is 4.80. The number of benzene rings is 2. The minimum Gasteiger partial charge on any atom is -0.494 e. The second kappa shape index (κ2) is 7.56. The Bertz CT molecular complexity index is 1110. The van der Waals surface area contributed by atoms with Crippen LogP contribution in [0.4, 0.5) is 5.69 Å². The van der Waals surface area contributed by atoms with Crippen molar-refractivity contribution in [2.45, 2.75) is 20.4 Å². The number of aromatic nitrogens is 3. The van der Waals surface area contributed by atoms with Crippen molar-refractivity contribution in [1.29, 1.82) is 0 Å². The quantitative estimate of drug-likeness (QED) is 0.549. The first-order chi connectivity index (χ1) is 13.6. The fraction of sp³-hybridized carbons (Fsp3) is 0.190. The van der Waals surface area contributed by atoms with Gasteiger partial charge in [-0.3, -0.25) is 4.79 Å². The smallest absolute Gasteiger partial charge is 0.264 e. The Morgan fingerprint density at radius 3 is 2.64 bits per heavy atom. The van der Waals surface area contributed by atoms with Crippen LogP contribution in [0.1, 0.15) is 12.8 Å². The number of nitrogens with zero attached hydrogens (tertiary/aromatic N) is 3. The zero-order valence-corrected chi connectivity index (χ0v) is 15.7. The summed E-state index contributed by atoms with van der Waals surface area (Å²) in [4.78, 5) is 12.7. The molecule has 0 radical (unpaired) electrons. The van der Waals surface area contributed by atoms with Crippen molar-refractivity contribution in [2.75, 3.05) is 11.9 Å². The van der Waals surface area contributed by atoms with E-state index in [-0.39, 0.29) is 12.5 Å². The fourth-order valence-corrected chi connectivity index (χ4v) is 3.10. The van der Waals surface area contributed by atoms with Crippen LogP contribution in [-0.4, -0.2) is 27.3 Å². The summed E-state index contributed by atoms with van der Waals surface area (Å²) in [5.41, 5.74) is 2.35. The SMILES string of the molecule is CCOc1ccc(NC(=O)Cn2c(-c3nnc(C)o3)cc3ccccc32)cc1. The molecule has 7 nitrogen and oxygen atoms in total. The average molecular weight is 376 g/mol. The molecule has 28 heavy (non-hydrogen) atoms. The summed E-state index contributed by atoms with van der Waals surface area (Å²) >= 11 is 0. The van der Waals surface area contributed by atoms with Crippen molar-refractivity contribution in [3.63, 3.8) is 0 Å². The Hall–Kier alpha value is -3.61. The summed E-state index contributed by atoms with van der Waals surface area (Å²) in [7, 11) is 0. The Morgan fingerprint density at radius 1 is 1.14 bits per heavy atom. The fourth-order valence-electron chi connectivity index (χ4n) is 3.10. The second-order valence-corrected chi connectivity index (χ2v) is 6.31. The summed E-state index contributed by atoms with van der Waals surface area (Å²) in [6.07, 6.45) is 0. The molecule has 0 aliphatic carbocycles. The highest BCUT2D eigenvalue weighted by Gasteiger charge is 2.17. The highest BCUT2D eigenvalue weighted by Crippen LogP contribution is 2.27. The Morgan fingerprint density at radius 2 is 1.93 bits per heavy atom. The number of ether oxygens (including phenoxy) is 1. The summed E-state index contributed by atoms with van der Waals surface area (Å²) in [6, 6.07) is 17.1. The molecular weight excluding hydrogens is 356 g/mol. The third kappa shape index (κ3) is 3.59. The lowest BCUT2D eigenvalue weighted by Gasteiger charge is -2.10. The molecule has 0 aliphatic rings. The van der Waals surface area contributed by atoms with Crippen molar-refractivity contribution in [3.05, 3.63) is 60.5 Å². The summed E-state index contributed by atoms with van der Waals surface area (Å²) in [6.45, 7) is 4.39. The molecule has 142 valence electrons. The highest BCUT2D eigenvalue weighted by atomic mass is 16.5. The van der Waals surface area contributed by atoms with Crippen LogP contribution in [0.25, 0.3) is 22.5 Å². The van der Waals surface area contributed by atoms with E-state index in [9.17, 15) is 4.79 Å². The van der Waals surface area contributed by atoms with Crippen molar-refractivity contribution in [2.24, 2.45) is 0 Å². The highest BCUT2D eigenvalue weighted by molar-refractivity contribution is 5.93. The normalized spacial score (nSPS) is 10.9. The van der Waals surface area contributed by atoms with E-state index in [2.05, 4.69) is 15.5 Å². The summed E-state index contributed by atoms with van der Waals surface area (Å²) in [5.74, 6) is 1.49. The van der Waals surface area contributed by atoms with Crippen molar-refractivity contribution in [1.82, 2.24) is 14.8 Å². The van der Waals surface area contributed by atoms with E-state index in [1.54, 1.807) is 6.92 Å². The molecule has 2 heterocycles. The lowest BCUT2D eigenvalue weighted by molar-refractivity contribution is -0.116. The number of aryl methyl sites for hydroxylation is 1. The lowest BCUT2D eigenvalue weighted by atomic mass is 10.2. The number of rotatable bonds is 6. The predicted octanol–water partition coefficient (Wildman–Crippen LogP) is 4.04. The van der Waals surface area contributed by atoms with Gasteiger partial charge in [0.15, 0.2) is 0 Å². The van der Waals surface area contributed by atoms with E-state index in [1.807, 2.05) is 66.1 Å². The maximum Gasteiger partial charge on any atom is 0.264 e. The number of para-hydroxylation sites is 1. The third-order valence-electron chi connectivity index (χ3n) is 4.31. The van der Waals surface area contributed by atoms with E-state index < -0.39 is 0 Å². The van der Waals surface area contributed by atoms with Gasteiger partial charge in [-0.1, -0.05) is 18.2 Å². The molecule has 0 atom stereocenters. The van der Waals surface area contributed by atoms with E-state index in [1.165, 1.54) is 0 Å². The van der Waals surface area contributed by atoms with Crippen LogP contribution < -0.4 is 10.1 Å². The molecule has 0 aliphatic heterocycles. The van der Waals surface area contributed by atoms with Gasteiger partial charge in [0.05, 0.1) is 6.61 Å². The van der Waals surface area contributed by atoms with Crippen LogP contribution in [0.5, 0.6) is 5.75 Å². The molecule has 0 saturated carbocycles. The van der Waals surface area contributed by atoms with Crippen LogP contribution >= 0.6 is 0 Å². The van der Waals surface area contributed by atoms with Gasteiger partial charge in [-0.25, -0.2) is 0 Å². The predicted molar refractivity (Wildman–Crippen MR) is 106 cm³/mol. The first kappa shape index (κ1) is 17.8. The summed E-state index contributed by atoms with van der Waals surface area (Å²) < 4.78 is 12.9. The zero-order chi connectivity index (χ0) is 19.5. The molecule has 0 bridgehead atoms. The van der Waals surface area contributed by atoms with Gasteiger partial charge in [-0.2, -0.15) is 0 Å². The standard InChI is InChI=1S/C21H20N4O3/c1-3-27-17-10-8-16(9-11-17)22-20(26)13-25-18-7-5-4-6-15(18)12-19(25)21-24-23-14(2)28-21/h4-12H,3,13H2,1-2H3,(H,22,26). The molecule has 0 fully saturated rings. The largest absolute Gasteiger partial charge is 0.494 e. The van der Waals surface area contributed by atoms with Crippen LogP contribution in [0.2, 0.25) is 0 Å². The van der Waals surface area contributed by atoms with Gasteiger partial charge in [0.2, 0.25) is 11.8 Å². The van der Waals surface area contributed by atoms with Gasteiger partial charge in [-0.15, -0.1) is 10.2 Å².